The first-order valence-corrected chi connectivity index (χ1v) is 7.23. The van der Waals surface area contributed by atoms with Gasteiger partial charge in [-0.1, -0.05) is 0 Å². The highest BCUT2D eigenvalue weighted by molar-refractivity contribution is 7.10. The van der Waals surface area contributed by atoms with E-state index in [9.17, 15) is 0 Å². The number of rotatable bonds is 3. The van der Waals surface area contributed by atoms with Crippen LogP contribution in [0.3, 0.4) is 0 Å². The number of thiophene rings is 1. The number of hydrogen-bond donors (Lipinski definition) is 1. The summed E-state index contributed by atoms with van der Waals surface area (Å²) < 4.78 is 5.20. The molecule has 2 atom stereocenters. The third-order valence-corrected chi connectivity index (χ3v) is 4.87. The molecule has 0 bridgehead atoms. The Bertz CT molecular complexity index is 506. The highest BCUT2D eigenvalue weighted by Gasteiger charge is 2.30. The minimum Gasteiger partial charge on any atom is -0.472 e. The zero-order chi connectivity index (χ0) is 12.5. The van der Waals surface area contributed by atoms with E-state index in [0.717, 1.165) is 13.0 Å². The van der Waals surface area contributed by atoms with Gasteiger partial charge in [-0.3, -0.25) is 4.90 Å². The number of nitrogens with two attached hydrogens (primary N) is 1. The fourth-order valence-corrected chi connectivity index (χ4v) is 3.84. The van der Waals surface area contributed by atoms with Crippen LogP contribution in [0.15, 0.2) is 34.5 Å². The molecule has 1 aliphatic heterocycles. The van der Waals surface area contributed by atoms with Crippen molar-refractivity contribution in [3.05, 3.63) is 46.0 Å². The average molecular weight is 262 g/mol. The zero-order valence-electron chi connectivity index (χ0n) is 10.5. The van der Waals surface area contributed by atoms with E-state index in [2.05, 4.69) is 23.3 Å². The molecule has 2 N–H and O–H groups in total. The first kappa shape index (κ1) is 12.0. The van der Waals surface area contributed by atoms with Crippen molar-refractivity contribution in [2.24, 2.45) is 5.73 Å². The van der Waals surface area contributed by atoms with Crippen LogP contribution in [0, 0.1) is 0 Å². The van der Waals surface area contributed by atoms with E-state index in [1.54, 1.807) is 6.26 Å². The molecule has 0 spiro atoms. The fourth-order valence-electron chi connectivity index (χ4n) is 2.88. The Morgan fingerprint density at radius 3 is 3.17 bits per heavy atom. The SMILES string of the molecule is CC1c2ccsc2CCN1C(CN)c1ccoc1. The molecule has 0 saturated carbocycles. The summed E-state index contributed by atoms with van der Waals surface area (Å²) in [4.78, 5) is 4.02. The van der Waals surface area contributed by atoms with Crippen molar-refractivity contribution in [3.8, 4) is 0 Å². The van der Waals surface area contributed by atoms with E-state index in [1.807, 2.05) is 23.7 Å². The van der Waals surface area contributed by atoms with E-state index in [-0.39, 0.29) is 6.04 Å². The third kappa shape index (κ3) is 1.90. The second kappa shape index (κ2) is 4.88. The van der Waals surface area contributed by atoms with Crippen molar-refractivity contribution in [2.45, 2.75) is 25.4 Å². The Morgan fingerprint density at radius 1 is 1.56 bits per heavy atom. The second-order valence-corrected chi connectivity index (χ2v) is 5.77. The number of furan rings is 1. The van der Waals surface area contributed by atoms with Gasteiger partial charge in [0.25, 0.3) is 0 Å². The quantitative estimate of drug-likeness (QED) is 0.924. The summed E-state index contributed by atoms with van der Waals surface area (Å²) in [6, 6.07) is 4.96. The van der Waals surface area contributed by atoms with Crippen LogP contribution in [0.5, 0.6) is 0 Å². The summed E-state index contributed by atoms with van der Waals surface area (Å²) >= 11 is 1.87. The lowest BCUT2D eigenvalue weighted by atomic mass is 9.97. The van der Waals surface area contributed by atoms with E-state index in [1.165, 1.54) is 16.0 Å². The monoisotopic (exact) mass is 262 g/mol. The molecule has 2 aromatic rings. The lowest BCUT2D eigenvalue weighted by Gasteiger charge is -2.38. The molecule has 4 heteroatoms. The molecule has 1 aliphatic rings. The summed E-state index contributed by atoms with van der Waals surface area (Å²) in [5.74, 6) is 0. The van der Waals surface area contributed by atoms with Gasteiger partial charge in [0.15, 0.2) is 0 Å². The highest BCUT2D eigenvalue weighted by atomic mass is 32.1. The van der Waals surface area contributed by atoms with Gasteiger partial charge in [0, 0.05) is 29.6 Å². The van der Waals surface area contributed by atoms with Crippen LogP contribution in [0.1, 0.15) is 35.0 Å². The molecular formula is C14H18N2OS. The van der Waals surface area contributed by atoms with Gasteiger partial charge in [0.05, 0.1) is 18.6 Å². The molecule has 2 unspecified atom stereocenters. The molecular weight excluding hydrogens is 244 g/mol. The van der Waals surface area contributed by atoms with Gasteiger partial charge in [0.1, 0.15) is 0 Å². The third-order valence-electron chi connectivity index (χ3n) is 3.88. The van der Waals surface area contributed by atoms with E-state index in [0.29, 0.717) is 12.6 Å². The summed E-state index contributed by atoms with van der Waals surface area (Å²) in [7, 11) is 0. The fraction of sp³-hybridized carbons (Fsp3) is 0.429. The highest BCUT2D eigenvalue weighted by Crippen LogP contribution is 2.37. The predicted molar refractivity (Wildman–Crippen MR) is 73.6 cm³/mol. The van der Waals surface area contributed by atoms with Gasteiger partial charge >= 0.3 is 0 Å². The van der Waals surface area contributed by atoms with Crippen molar-refractivity contribution in [2.75, 3.05) is 13.1 Å². The topological polar surface area (TPSA) is 42.4 Å². The lowest BCUT2D eigenvalue weighted by molar-refractivity contribution is 0.138. The van der Waals surface area contributed by atoms with Crippen LogP contribution in [-0.4, -0.2) is 18.0 Å². The van der Waals surface area contributed by atoms with Gasteiger partial charge < -0.3 is 10.2 Å². The first-order chi connectivity index (χ1) is 8.81. The minimum atomic E-state index is 0.256. The number of hydrogen-bond acceptors (Lipinski definition) is 4. The van der Waals surface area contributed by atoms with Gasteiger partial charge in [-0.15, -0.1) is 11.3 Å². The Kier molecular flexibility index (Phi) is 3.24. The van der Waals surface area contributed by atoms with Crippen LogP contribution in [0.2, 0.25) is 0 Å². The van der Waals surface area contributed by atoms with E-state index >= 15 is 0 Å². The van der Waals surface area contributed by atoms with E-state index in [4.69, 9.17) is 10.2 Å². The molecule has 0 amide bonds. The molecule has 3 nitrogen and oxygen atoms in total. The van der Waals surface area contributed by atoms with Crippen molar-refractivity contribution in [3.63, 3.8) is 0 Å². The molecule has 3 heterocycles. The summed E-state index contributed by atoms with van der Waals surface area (Å²) in [6.07, 6.45) is 4.67. The Labute approximate surface area is 111 Å². The van der Waals surface area contributed by atoms with Gasteiger partial charge in [-0.2, -0.15) is 0 Å². The van der Waals surface area contributed by atoms with Gasteiger partial charge in [-0.25, -0.2) is 0 Å². The molecule has 96 valence electrons. The van der Waals surface area contributed by atoms with Crippen LogP contribution >= 0.6 is 11.3 Å². The average Bonchev–Trinajstić information content (AvgIpc) is 3.03. The molecule has 0 fully saturated rings. The van der Waals surface area contributed by atoms with Crippen molar-refractivity contribution < 1.29 is 4.42 Å². The Balaban J connectivity index is 1.89. The Hall–Kier alpha value is -1.10. The maximum Gasteiger partial charge on any atom is 0.0950 e. The number of nitrogens with zero attached hydrogens (tertiary/aromatic N) is 1. The van der Waals surface area contributed by atoms with Crippen LogP contribution < -0.4 is 5.73 Å². The standard InChI is InChI=1S/C14H18N2OS/c1-10-12-4-7-18-14(12)2-5-16(10)13(8-15)11-3-6-17-9-11/h3-4,6-7,9-10,13H,2,5,8,15H2,1H3. The lowest BCUT2D eigenvalue weighted by Crippen LogP contribution is -2.39. The summed E-state index contributed by atoms with van der Waals surface area (Å²) in [5, 5.41) is 2.19. The molecule has 0 aromatic carbocycles. The molecule has 0 radical (unpaired) electrons. The van der Waals surface area contributed by atoms with Gasteiger partial charge in [-0.05, 0) is 36.4 Å². The van der Waals surface area contributed by atoms with Crippen molar-refractivity contribution >= 4 is 11.3 Å². The van der Waals surface area contributed by atoms with E-state index < -0.39 is 0 Å². The van der Waals surface area contributed by atoms with Crippen LogP contribution in [0.25, 0.3) is 0 Å². The Morgan fingerprint density at radius 2 is 2.44 bits per heavy atom. The second-order valence-electron chi connectivity index (χ2n) is 4.77. The predicted octanol–water partition coefficient (Wildman–Crippen LogP) is 2.96. The van der Waals surface area contributed by atoms with Crippen LogP contribution in [0.4, 0.5) is 0 Å². The summed E-state index contributed by atoms with van der Waals surface area (Å²) in [5.41, 5.74) is 8.62. The molecule has 18 heavy (non-hydrogen) atoms. The maximum atomic E-state index is 5.97. The van der Waals surface area contributed by atoms with Crippen molar-refractivity contribution in [1.82, 2.24) is 4.90 Å². The summed E-state index contributed by atoms with van der Waals surface area (Å²) in [6.45, 7) is 3.97. The largest absolute Gasteiger partial charge is 0.472 e. The normalized spacial score (nSPS) is 21.8. The number of fused-ring (bicyclic) bond motifs is 1. The molecule has 2 aromatic heterocycles. The molecule has 3 rings (SSSR count). The van der Waals surface area contributed by atoms with Crippen molar-refractivity contribution in [1.29, 1.82) is 0 Å². The van der Waals surface area contributed by atoms with Gasteiger partial charge in [0.2, 0.25) is 0 Å². The first-order valence-electron chi connectivity index (χ1n) is 6.35. The van der Waals surface area contributed by atoms with Crippen LogP contribution in [-0.2, 0) is 6.42 Å². The minimum absolute atomic E-state index is 0.256. The maximum absolute atomic E-state index is 5.97. The smallest absolute Gasteiger partial charge is 0.0950 e. The zero-order valence-corrected chi connectivity index (χ0v) is 11.3. The molecule has 0 saturated heterocycles. The molecule has 0 aliphatic carbocycles.